The number of furan rings is 1. The number of benzene rings is 1. The number of nitrogens with zero attached hydrogens (tertiary/aromatic N) is 6. The summed E-state index contributed by atoms with van der Waals surface area (Å²) in [7, 11) is 0. The zero-order valence-corrected chi connectivity index (χ0v) is 14.5. The fourth-order valence-corrected chi connectivity index (χ4v) is 2.50. The van der Waals surface area contributed by atoms with E-state index in [2.05, 4.69) is 25.7 Å². The van der Waals surface area contributed by atoms with Crippen molar-refractivity contribution >= 4 is 5.97 Å². The van der Waals surface area contributed by atoms with E-state index in [-0.39, 0.29) is 12.5 Å². The molecule has 3 heterocycles. The standard InChI is InChI=1S/C17H14N6O4/c1-10-7-14(11(2)26-10)16-20-19-15(27-16)8-25-17(24)12-3-5-13(6-4-12)23-9-18-21-22-23/h3-7,9H,8H2,1-2H3. The maximum absolute atomic E-state index is 12.2. The Morgan fingerprint density at radius 3 is 2.63 bits per heavy atom. The maximum atomic E-state index is 12.2. The minimum atomic E-state index is -0.506. The van der Waals surface area contributed by atoms with Crippen molar-refractivity contribution in [2.45, 2.75) is 20.5 Å². The highest BCUT2D eigenvalue weighted by atomic mass is 16.5. The summed E-state index contributed by atoms with van der Waals surface area (Å²) in [4.78, 5) is 12.2. The predicted octanol–water partition coefficient (Wildman–Crippen LogP) is 2.28. The quantitative estimate of drug-likeness (QED) is 0.489. The van der Waals surface area contributed by atoms with Crippen molar-refractivity contribution < 1.29 is 18.4 Å². The largest absolute Gasteiger partial charge is 0.466 e. The van der Waals surface area contributed by atoms with Crippen LogP contribution in [-0.4, -0.2) is 36.4 Å². The van der Waals surface area contributed by atoms with E-state index < -0.39 is 5.97 Å². The Morgan fingerprint density at radius 2 is 1.96 bits per heavy atom. The molecule has 0 unspecified atom stereocenters. The first kappa shape index (κ1) is 16.6. The molecule has 10 heteroatoms. The molecule has 0 aliphatic rings. The van der Waals surface area contributed by atoms with Gasteiger partial charge in [0.25, 0.3) is 11.8 Å². The van der Waals surface area contributed by atoms with Gasteiger partial charge in [-0.2, -0.15) is 0 Å². The number of carbonyl (C=O) groups excluding carboxylic acids is 1. The lowest BCUT2D eigenvalue weighted by molar-refractivity contribution is 0.0438. The van der Waals surface area contributed by atoms with Crippen LogP contribution >= 0.6 is 0 Å². The molecule has 0 N–H and O–H groups in total. The van der Waals surface area contributed by atoms with Crippen molar-refractivity contribution in [2.75, 3.05) is 0 Å². The van der Waals surface area contributed by atoms with E-state index in [0.29, 0.717) is 17.2 Å². The van der Waals surface area contributed by atoms with Gasteiger partial charge < -0.3 is 13.6 Å². The third-order valence-electron chi connectivity index (χ3n) is 3.78. The SMILES string of the molecule is Cc1cc(-c2nnc(COC(=O)c3ccc(-n4cnnn4)cc3)o2)c(C)o1. The van der Waals surface area contributed by atoms with Gasteiger partial charge in [0, 0.05) is 0 Å². The number of hydrogen-bond acceptors (Lipinski definition) is 9. The molecule has 0 aliphatic heterocycles. The molecule has 10 nitrogen and oxygen atoms in total. The van der Waals surface area contributed by atoms with Crippen molar-refractivity contribution in [1.82, 2.24) is 30.4 Å². The Kier molecular flexibility index (Phi) is 4.21. The first-order chi connectivity index (χ1) is 13.1. The number of esters is 1. The summed E-state index contributed by atoms with van der Waals surface area (Å²) in [6, 6.07) is 8.47. The highest BCUT2D eigenvalue weighted by molar-refractivity contribution is 5.89. The third-order valence-corrected chi connectivity index (χ3v) is 3.78. The summed E-state index contributed by atoms with van der Waals surface area (Å²) in [6.07, 6.45) is 1.46. The van der Waals surface area contributed by atoms with Crippen molar-refractivity contribution in [2.24, 2.45) is 0 Å². The van der Waals surface area contributed by atoms with E-state index in [9.17, 15) is 4.79 Å². The van der Waals surface area contributed by atoms with Crippen LogP contribution in [0.4, 0.5) is 0 Å². The second kappa shape index (κ2) is 6.83. The third kappa shape index (κ3) is 3.45. The van der Waals surface area contributed by atoms with Crippen LogP contribution in [0.2, 0.25) is 0 Å². The van der Waals surface area contributed by atoms with E-state index in [4.69, 9.17) is 13.6 Å². The molecule has 136 valence electrons. The minimum absolute atomic E-state index is 0.129. The second-order valence-electron chi connectivity index (χ2n) is 5.71. The van der Waals surface area contributed by atoms with Crippen molar-refractivity contribution in [3.63, 3.8) is 0 Å². The molecule has 1 aromatic carbocycles. The van der Waals surface area contributed by atoms with Gasteiger partial charge in [0.2, 0.25) is 0 Å². The predicted molar refractivity (Wildman–Crippen MR) is 89.7 cm³/mol. The van der Waals surface area contributed by atoms with Gasteiger partial charge in [0.15, 0.2) is 6.61 Å². The zero-order valence-electron chi connectivity index (χ0n) is 14.5. The van der Waals surface area contributed by atoms with E-state index >= 15 is 0 Å². The van der Waals surface area contributed by atoms with Crippen LogP contribution in [0, 0.1) is 13.8 Å². The normalized spacial score (nSPS) is 10.9. The molecule has 0 bridgehead atoms. The van der Waals surface area contributed by atoms with Gasteiger partial charge in [-0.15, -0.1) is 15.3 Å². The van der Waals surface area contributed by atoms with E-state index in [1.54, 1.807) is 24.3 Å². The fourth-order valence-electron chi connectivity index (χ4n) is 2.50. The molecule has 3 aromatic heterocycles. The Bertz CT molecular complexity index is 1070. The number of aromatic nitrogens is 6. The zero-order chi connectivity index (χ0) is 18.8. The lowest BCUT2D eigenvalue weighted by Gasteiger charge is -2.03. The first-order valence-corrected chi connectivity index (χ1v) is 8.00. The summed E-state index contributed by atoms with van der Waals surface area (Å²) in [5.41, 5.74) is 1.83. The van der Waals surface area contributed by atoms with Crippen LogP contribution in [-0.2, 0) is 11.3 Å². The second-order valence-corrected chi connectivity index (χ2v) is 5.71. The summed E-state index contributed by atoms with van der Waals surface area (Å²) < 4.78 is 17.7. The lowest BCUT2D eigenvalue weighted by atomic mass is 10.2. The Morgan fingerprint density at radius 1 is 1.15 bits per heavy atom. The van der Waals surface area contributed by atoms with Gasteiger partial charge in [-0.3, -0.25) is 0 Å². The molecular formula is C17H14N6O4. The minimum Gasteiger partial charge on any atom is -0.466 e. The molecule has 0 fully saturated rings. The molecule has 0 spiro atoms. The van der Waals surface area contributed by atoms with Gasteiger partial charge in [0.1, 0.15) is 17.8 Å². The van der Waals surface area contributed by atoms with E-state index in [1.165, 1.54) is 11.0 Å². The van der Waals surface area contributed by atoms with Crippen LogP contribution in [0.1, 0.15) is 27.8 Å². The monoisotopic (exact) mass is 366 g/mol. The van der Waals surface area contributed by atoms with Crippen molar-refractivity contribution in [3.05, 3.63) is 59.6 Å². The Labute approximate surface area is 152 Å². The van der Waals surface area contributed by atoms with E-state index in [1.807, 2.05) is 19.9 Å². The highest BCUT2D eigenvalue weighted by Gasteiger charge is 2.16. The van der Waals surface area contributed by atoms with Gasteiger partial charge >= 0.3 is 5.97 Å². The van der Waals surface area contributed by atoms with Crippen LogP contribution in [0.15, 0.2) is 45.5 Å². The average Bonchev–Trinajstić information content (AvgIpc) is 3.41. The molecule has 0 amide bonds. The summed E-state index contributed by atoms with van der Waals surface area (Å²) in [5.74, 6) is 1.44. The van der Waals surface area contributed by atoms with Gasteiger partial charge in [-0.1, -0.05) is 0 Å². The molecule has 4 rings (SSSR count). The van der Waals surface area contributed by atoms with Crippen LogP contribution in [0.3, 0.4) is 0 Å². The Balaban J connectivity index is 1.40. The number of aryl methyl sites for hydroxylation is 2. The van der Waals surface area contributed by atoms with Gasteiger partial charge in [0.05, 0.1) is 16.8 Å². The van der Waals surface area contributed by atoms with Crippen LogP contribution < -0.4 is 0 Å². The fraction of sp³-hybridized carbons (Fsp3) is 0.176. The molecule has 0 aliphatic carbocycles. The van der Waals surface area contributed by atoms with Crippen LogP contribution in [0.25, 0.3) is 17.1 Å². The summed E-state index contributed by atoms with van der Waals surface area (Å²) >= 11 is 0. The van der Waals surface area contributed by atoms with Gasteiger partial charge in [-0.25, -0.2) is 9.48 Å². The summed E-state index contributed by atoms with van der Waals surface area (Å²) in [5, 5.41) is 18.8. The van der Waals surface area contributed by atoms with Gasteiger partial charge in [-0.05, 0) is 54.6 Å². The van der Waals surface area contributed by atoms with Crippen molar-refractivity contribution in [1.29, 1.82) is 0 Å². The Hall–Kier alpha value is -3.82. The van der Waals surface area contributed by atoms with Crippen LogP contribution in [0.5, 0.6) is 0 Å². The molecule has 4 aromatic rings. The lowest BCUT2D eigenvalue weighted by Crippen LogP contribution is -2.06. The molecule has 0 atom stereocenters. The molecule has 0 radical (unpaired) electrons. The smallest absolute Gasteiger partial charge is 0.338 e. The molecule has 27 heavy (non-hydrogen) atoms. The number of ether oxygens (including phenoxy) is 1. The average molecular weight is 366 g/mol. The number of tetrazole rings is 1. The molecule has 0 saturated carbocycles. The van der Waals surface area contributed by atoms with E-state index in [0.717, 1.165) is 17.0 Å². The number of rotatable bonds is 5. The number of hydrogen-bond donors (Lipinski definition) is 0. The number of carbonyl (C=O) groups is 1. The first-order valence-electron chi connectivity index (χ1n) is 8.00. The summed E-state index contributed by atoms with van der Waals surface area (Å²) in [6.45, 7) is 3.52. The van der Waals surface area contributed by atoms with Crippen molar-refractivity contribution in [3.8, 4) is 17.1 Å². The molecule has 0 saturated heterocycles. The molecular weight excluding hydrogens is 352 g/mol. The highest BCUT2D eigenvalue weighted by Crippen LogP contribution is 2.25. The topological polar surface area (TPSA) is 122 Å². The maximum Gasteiger partial charge on any atom is 0.338 e.